The van der Waals surface area contributed by atoms with E-state index in [4.69, 9.17) is 0 Å². The van der Waals surface area contributed by atoms with Crippen LogP contribution in [-0.2, 0) is 4.79 Å². The number of fused-ring (bicyclic) bond motifs is 1. The highest BCUT2D eigenvalue weighted by Crippen LogP contribution is 2.44. The molecule has 4 aromatic rings. The number of tetrazole rings is 1. The summed E-state index contributed by atoms with van der Waals surface area (Å²) in [5.41, 5.74) is 5.75. The predicted molar refractivity (Wildman–Crippen MR) is 112 cm³/mol. The van der Waals surface area contributed by atoms with E-state index in [1.807, 2.05) is 71.6 Å². The molecule has 1 atom stereocenters. The first-order valence-corrected chi connectivity index (χ1v) is 9.58. The number of aromatic nitrogens is 4. The lowest BCUT2D eigenvalue weighted by Crippen LogP contribution is -2.32. The predicted octanol–water partition coefficient (Wildman–Crippen LogP) is 4.71. The Kier molecular flexibility index (Phi) is 4.17. The number of amides is 1. The van der Waals surface area contributed by atoms with E-state index in [0.29, 0.717) is 12.2 Å². The monoisotopic (exact) mass is 381 g/mol. The molecule has 29 heavy (non-hydrogen) atoms. The van der Waals surface area contributed by atoms with Crippen LogP contribution in [0.3, 0.4) is 0 Å². The molecule has 6 nitrogen and oxygen atoms in total. The van der Waals surface area contributed by atoms with Gasteiger partial charge in [-0.2, -0.15) is 5.21 Å². The Labute approximate surface area is 168 Å². The molecule has 1 N–H and O–H groups in total. The first-order valence-electron chi connectivity index (χ1n) is 9.58. The van der Waals surface area contributed by atoms with Crippen molar-refractivity contribution in [3.8, 4) is 22.5 Å². The molecule has 0 saturated carbocycles. The van der Waals surface area contributed by atoms with Crippen molar-refractivity contribution in [2.75, 3.05) is 4.90 Å². The van der Waals surface area contributed by atoms with E-state index in [-0.39, 0.29) is 11.8 Å². The fourth-order valence-corrected chi connectivity index (χ4v) is 4.05. The van der Waals surface area contributed by atoms with E-state index >= 15 is 0 Å². The minimum atomic E-state index is 0.0979. The molecule has 0 fully saturated rings. The van der Waals surface area contributed by atoms with Crippen molar-refractivity contribution in [3.05, 3.63) is 78.4 Å². The zero-order valence-electron chi connectivity index (χ0n) is 15.9. The average Bonchev–Trinajstić information content (AvgIpc) is 3.29. The number of anilines is 2. The Morgan fingerprint density at radius 1 is 0.862 bits per heavy atom. The number of H-pyrrole nitrogens is 1. The SMILES string of the molecule is CC1CC(=O)N(c2ccccc2-c2ccccc2-c2nn[nH]n2)c2ccccc21. The quantitative estimate of drug-likeness (QED) is 0.558. The highest BCUT2D eigenvalue weighted by Gasteiger charge is 2.31. The molecule has 0 saturated heterocycles. The van der Waals surface area contributed by atoms with Crippen LogP contribution in [0.1, 0.15) is 24.8 Å². The van der Waals surface area contributed by atoms with Crippen LogP contribution in [0.5, 0.6) is 0 Å². The van der Waals surface area contributed by atoms with Gasteiger partial charge in [-0.3, -0.25) is 9.69 Å². The Morgan fingerprint density at radius 2 is 1.52 bits per heavy atom. The van der Waals surface area contributed by atoms with Crippen molar-refractivity contribution in [1.82, 2.24) is 20.6 Å². The molecule has 142 valence electrons. The van der Waals surface area contributed by atoms with E-state index in [2.05, 4.69) is 33.6 Å². The lowest BCUT2D eigenvalue weighted by molar-refractivity contribution is -0.118. The second-order valence-corrected chi connectivity index (χ2v) is 7.19. The van der Waals surface area contributed by atoms with Crippen molar-refractivity contribution < 1.29 is 4.79 Å². The van der Waals surface area contributed by atoms with Gasteiger partial charge in [0.15, 0.2) is 0 Å². The van der Waals surface area contributed by atoms with Gasteiger partial charge in [0.2, 0.25) is 11.7 Å². The van der Waals surface area contributed by atoms with Crippen molar-refractivity contribution >= 4 is 17.3 Å². The smallest absolute Gasteiger partial charge is 0.232 e. The maximum Gasteiger partial charge on any atom is 0.232 e. The van der Waals surface area contributed by atoms with Gasteiger partial charge in [0.25, 0.3) is 0 Å². The molecule has 1 unspecified atom stereocenters. The van der Waals surface area contributed by atoms with Crippen LogP contribution >= 0.6 is 0 Å². The van der Waals surface area contributed by atoms with Gasteiger partial charge in [-0.05, 0) is 34.4 Å². The maximum absolute atomic E-state index is 13.2. The number of rotatable bonds is 3. The number of carbonyl (C=O) groups excluding carboxylic acids is 1. The molecule has 0 aliphatic carbocycles. The molecule has 2 heterocycles. The number of hydrogen-bond acceptors (Lipinski definition) is 4. The van der Waals surface area contributed by atoms with Gasteiger partial charge in [0, 0.05) is 17.5 Å². The van der Waals surface area contributed by atoms with Crippen molar-refractivity contribution in [1.29, 1.82) is 0 Å². The number of benzene rings is 3. The number of aromatic amines is 1. The minimum Gasteiger partial charge on any atom is -0.280 e. The van der Waals surface area contributed by atoms with Gasteiger partial charge < -0.3 is 0 Å². The molecular formula is C23H19N5O. The van der Waals surface area contributed by atoms with E-state index in [9.17, 15) is 4.79 Å². The van der Waals surface area contributed by atoms with Crippen molar-refractivity contribution in [2.24, 2.45) is 0 Å². The van der Waals surface area contributed by atoms with Crippen LogP contribution in [0.15, 0.2) is 72.8 Å². The van der Waals surface area contributed by atoms with Crippen LogP contribution in [0.25, 0.3) is 22.5 Å². The summed E-state index contributed by atoms with van der Waals surface area (Å²) in [5, 5.41) is 14.5. The molecule has 0 spiro atoms. The Morgan fingerprint density at radius 3 is 2.28 bits per heavy atom. The first kappa shape index (κ1) is 17.3. The Hall–Kier alpha value is -3.80. The summed E-state index contributed by atoms with van der Waals surface area (Å²) < 4.78 is 0. The van der Waals surface area contributed by atoms with Gasteiger partial charge in [-0.15, -0.1) is 10.2 Å². The second kappa shape index (κ2) is 6.98. The zero-order chi connectivity index (χ0) is 19.8. The summed E-state index contributed by atoms with van der Waals surface area (Å²) >= 11 is 0. The van der Waals surface area contributed by atoms with Crippen LogP contribution < -0.4 is 4.90 Å². The average molecular weight is 381 g/mol. The van der Waals surface area contributed by atoms with Crippen LogP contribution in [0.2, 0.25) is 0 Å². The lowest BCUT2D eigenvalue weighted by atomic mass is 9.89. The fraction of sp³-hybridized carbons (Fsp3) is 0.130. The highest BCUT2D eigenvalue weighted by molar-refractivity contribution is 6.07. The van der Waals surface area contributed by atoms with Gasteiger partial charge in [0.1, 0.15) is 0 Å². The van der Waals surface area contributed by atoms with Crippen LogP contribution in [0.4, 0.5) is 11.4 Å². The van der Waals surface area contributed by atoms with E-state index < -0.39 is 0 Å². The van der Waals surface area contributed by atoms with E-state index in [1.165, 1.54) is 5.56 Å². The number of carbonyl (C=O) groups is 1. The molecule has 1 aromatic heterocycles. The number of nitrogens with zero attached hydrogens (tertiary/aromatic N) is 4. The molecule has 0 radical (unpaired) electrons. The standard InChI is InChI=1S/C23H19N5O/c1-15-14-22(29)28(20-12-6-4-8-16(15)20)21-13-7-5-10-18(21)17-9-2-3-11-19(17)23-24-26-27-25-23/h2-13,15H,14H2,1H3,(H,24,25,26,27). The van der Waals surface area contributed by atoms with Gasteiger partial charge in [-0.1, -0.05) is 67.6 Å². The van der Waals surface area contributed by atoms with E-state index in [0.717, 1.165) is 28.1 Å². The van der Waals surface area contributed by atoms with Crippen molar-refractivity contribution in [2.45, 2.75) is 19.3 Å². The zero-order valence-corrected chi connectivity index (χ0v) is 15.9. The molecule has 5 rings (SSSR count). The topological polar surface area (TPSA) is 74.8 Å². The fourth-order valence-electron chi connectivity index (χ4n) is 4.05. The summed E-state index contributed by atoms with van der Waals surface area (Å²) in [7, 11) is 0. The molecule has 1 aliphatic rings. The first-order chi connectivity index (χ1) is 14.2. The van der Waals surface area contributed by atoms with Gasteiger partial charge in [-0.25, -0.2) is 0 Å². The number of para-hydroxylation sites is 2. The third-order valence-electron chi connectivity index (χ3n) is 5.39. The minimum absolute atomic E-state index is 0.0979. The molecule has 6 heteroatoms. The third-order valence-corrected chi connectivity index (χ3v) is 5.39. The number of nitrogens with one attached hydrogen (secondary N) is 1. The Bertz CT molecular complexity index is 1190. The second-order valence-electron chi connectivity index (χ2n) is 7.19. The molecule has 3 aromatic carbocycles. The van der Waals surface area contributed by atoms with E-state index in [1.54, 1.807) is 0 Å². The largest absolute Gasteiger partial charge is 0.280 e. The summed E-state index contributed by atoms with van der Waals surface area (Å²) in [6.45, 7) is 2.10. The van der Waals surface area contributed by atoms with Gasteiger partial charge in [0.05, 0.1) is 11.4 Å². The van der Waals surface area contributed by atoms with Crippen LogP contribution in [0, 0.1) is 0 Å². The normalized spacial score (nSPS) is 16.0. The molecule has 1 aliphatic heterocycles. The highest BCUT2D eigenvalue weighted by atomic mass is 16.2. The summed E-state index contributed by atoms with van der Waals surface area (Å²) in [6, 6.07) is 24.0. The third kappa shape index (κ3) is 2.89. The van der Waals surface area contributed by atoms with Gasteiger partial charge >= 0.3 is 0 Å². The summed E-state index contributed by atoms with van der Waals surface area (Å²) in [4.78, 5) is 15.0. The summed E-state index contributed by atoms with van der Waals surface area (Å²) in [6.07, 6.45) is 0.484. The Balaban J connectivity index is 1.72. The van der Waals surface area contributed by atoms with Crippen LogP contribution in [-0.4, -0.2) is 26.5 Å². The lowest BCUT2D eigenvalue weighted by Gasteiger charge is -2.34. The van der Waals surface area contributed by atoms with Crippen molar-refractivity contribution in [3.63, 3.8) is 0 Å². The summed E-state index contributed by atoms with van der Waals surface area (Å²) in [5.74, 6) is 0.823. The maximum atomic E-state index is 13.2. The molecule has 0 bridgehead atoms. The molecular weight excluding hydrogens is 362 g/mol. The number of hydrogen-bond donors (Lipinski definition) is 1. The molecule has 1 amide bonds.